The number of rotatable bonds is 7. The number of pyridine rings is 2. The molecular formula is C23H25N3O3. The van der Waals surface area contributed by atoms with Crippen LogP contribution in [-0.2, 0) is 11.3 Å². The van der Waals surface area contributed by atoms with Gasteiger partial charge in [-0.1, -0.05) is 30.3 Å². The minimum absolute atomic E-state index is 0.150. The summed E-state index contributed by atoms with van der Waals surface area (Å²) in [5.74, 6) is 1.46. The topological polar surface area (TPSA) is 56.6 Å². The standard InChI is InChI=1S/C23H25N3O3/c1-2-28-21-10-12-25(16-21)22-9-8-19(15-24-22)26-13-11-20(14-23(26)27)29-17-18-6-4-3-5-7-18/h3-9,11,13-15,21H,2,10,12,16-17H2,1H3/t21-/m1/s1. The van der Waals surface area contributed by atoms with Gasteiger partial charge in [-0.15, -0.1) is 0 Å². The van der Waals surface area contributed by atoms with Gasteiger partial charge in [0.1, 0.15) is 18.2 Å². The van der Waals surface area contributed by atoms with E-state index < -0.39 is 0 Å². The number of hydrogen-bond acceptors (Lipinski definition) is 5. The van der Waals surface area contributed by atoms with Gasteiger partial charge in [0.2, 0.25) is 0 Å². The van der Waals surface area contributed by atoms with Crippen LogP contribution in [0.25, 0.3) is 5.69 Å². The molecule has 1 saturated heterocycles. The number of ether oxygens (including phenoxy) is 2. The Morgan fingerprint density at radius 1 is 1.14 bits per heavy atom. The summed E-state index contributed by atoms with van der Waals surface area (Å²) in [6.45, 7) is 4.97. The summed E-state index contributed by atoms with van der Waals surface area (Å²) in [6, 6.07) is 17.0. The third-order valence-electron chi connectivity index (χ3n) is 5.02. The molecule has 0 unspecified atom stereocenters. The van der Waals surface area contributed by atoms with E-state index in [0.717, 1.165) is 43.2 Å². The fraction of sp³-hybridized carbons (Fsp3) is 0.304. The second-order valence-electron chi connectivity index (χ2n) is 7.03. The minimum atomic E-state index is -0.150. The van der Waals surface area contributed by atoms with Gasteiger partial charge < -0.3 is 14.4 Å². The highest BCUT2D eigenvalue weighted by atomic mass is 16.5. The first-order valence-corrected chi connectivity index (χ1v) is 9.95. The largest absolute Gasteiger partial charge is 0.489 e. The summed E-state index contributed by atoms with van der Waals surface area (Å²) < 4.78 is 13.0. The molecule has 1 aromatic carbocycles. The fourth-order valence-electron chi connectivity index (χ4n) is 3.52. The predicted octanol–water partition coefficient (Wildman–Crippen LogP) is 3.43. The highest BCUT2D eigenvalue weighted by molar-refractivity contribution is 5.44. The Labute approximate surface area is 170 Å². The predicted molar refractivity (Wildman–Crippen MR) is 113 cm³/mol. The normalized spacial score (nSPS) is 16.2. The lowest BCUT2D eigenvalue weighted by atomic mass is 10.2. The van der Waals surface area contributed by atoms with Crippen LogP contribution in [0.4, 0.5) is 5.82 Å². The molecule has 6 nitrogen and oxygen atoms in total. The zero-order chi connectivity index (χ0) is 20.1. The Hall–Kier alpha value is -3.12. The summed E-state index contributed by atoms with van der Waals surface area (Å²) in [6.07, 6.45) is 4.74. The van der Waals surface area contributed by atoms with Crippen LogP contribution < -0.4 is 15.2 Å². The highest BCUT2D eigenvalue weighted by Gasteiger charge is 2.23. The van der Waals surface area contributed by atoms with E-state index in [9.17, 15) is 4.79 Å². The molecule has 0 amide bonds. The van der Waals surface area contributed by atoms with Crippen LogP contribution in [-0.4, -0.2) is 35.4 Å². The van der Waals surface area contributed by atoms with Crippen LogP contribution in [0.1, 0.15) is 18.9 Å². The van der Waals surface area contributed by atoms with Gasteiger partial charge in [0, 0.05) is 32.0 Å². The maximum absolute atomic E-state index is 12.5. The minimum Gasteiger partial charge on any atom is -0.489 e. The number of aromatic nitrogens is 2. The van der Waals surface area contributed by atoms with E-state index in [0.29, 0.717) is 12.4 Å². The molecule has 0 saturated carbocycles. The van der Waals surface area contributed by atoms with Gasteiger partial charge in [-0.25, -0.2) is 4.98 Å². The smallest absolute Gasteiger partial charge is 0.258 e. The van der Waals surface area contributed by atoms with Gasteiger partial charge in [-0.2, -0.15) is 0 Å². The van der Waals surface area contributed by atoms with E-state index in [2.05, 4.69) is 9.88 Å². The molecule has 3 aromatic rings. The van der Waals surface area contributed by atoms with Gasteiger partial charge in [0.25, 0.3) is 5.56 Å². The Bertz CT molecular complexity index is 986. The Morgan fingerprint density at radius 2 is 2.00 bits per heavy atom. The summed E-state index contributed by atoms with van der Waals surface area (Å²) in [5, 5.41) is 0. The molecule has 29 heavy (non-hydrogen) atoms. The number of anilines is 1. The molecule has 3 heterocycles. The first-order valence-electron chi connectivity index (χ1n) is 9.95. The van der Waals surface area contributed by atoms with Crippen LogP contribution in [0.5, 0.6) is 5.75 Å². The number of hydrogen-bond donors (Lipinski definition) is 0. The van der Waals surface area contributed by atoms with E-state index in [-0.39, 0.29) is 11.7 Å². The van der Waals surface area contributed by atoms with Gasteiger partial charge in [-0.05, 0) is 37.1 Å². The molecule has 2 aromatic heterocycles. The highest BCUT2D eigenvalue weighted by Crippen LogP contribution is 2.21. The van der Waals surface area contributed by atoms with Crippen molar-refractivity contribution in [3.63, 3.8) is 0 Å². The van der Waals surface area contributed by atoms with Crippen molar-refractivity contribution in [1.29, 1.82) is 0 Å². The molecule has 1 aliphatic heterocycles. The van der Waals surface area contributed by atoms with Crippen molar-refractivity contribution in [1.82, 2.24) is 9.55 Å². The molecule has 1 aliphatic rings. The molecule has 150 valence electrons. The van der Waals surface area contributed by atoms with Crippen molar-refractivity contribution in [2.24, 2.45) is 0 Å². The first kappa shape index (κ1) is 19.2. The van der Waals surface area contributed by atoms with E-state index >= 15 is 0 Å². The van der Waals surface area contributed by atoms with Gasteiger partial charge in [-0.3, -0.25) is 9.36 Å². The van der Waals surface area contributed by atoms with Crippen LogP contribution in [0.15, 0.2) is 71.8 Å². The Morgan fingerprint density at radius 3 is 2.72 bits per heavy atom. The zero-order valence-corrected chi connectivity index (χ0v) is 16.5. The van der Waals surface area contributed by atoms with Crippen LogP contribution in [0.3, 0.4) is 0 Å². The molecular weight excluding hydrogens is 366 g/mol. The van der Waals surface area contributed by atoms with E-state index in [1.165, 1.54) is 6.07 Å². The van der Waals surface area contributed by atoms with Crippen LogP contribution >= 0.6 is 0 Å². The lowest BCUT2D eigenvalue weighted by molar-refractivity contribution is 0.0787. The maximum Gasteiger partial charge on any atom is 0.258 e. The molecule has 0 N–H and O–H groups in total. The molecule has 0 spiro atoms. The molecule has 1 fully saturated rings. The summed E-state index contributed by atoms with van der Waals surface area (Å²) >= 11 is 0. The van der Waals surface area contributed by atoms with Gasteiger partial charge in [0.15, 0.2) is 0 Å². The molecule has 4 rings (SSSR count). The third-order valence-corrected chi connectivity index (χ3v) is 5.02. The second-order valence-corrected chi connectivity index (χ2v) is 7.03. The van der Waals surface area contributed by atoms with Crippen molar-refractivity contribution in [2.75, 3.05) is 24.6 Å². The third kappa shape index (κ3) is 4.66. The molecule has 0 radical (unpaired) electrons. The van der Waals surface area contributed by atoms with E-state index in [1.807, 2.05) is 49.4 Å². The van der Waals surface area contributed by atoms with Crippen molar-refractivity contribution < 1.29 is 9.47 Å². The van der Waals surface area contributed by atoms with Gasteiger partial charge >= 0.3 is 0 Å². The number of benzene rings is 1. The van der Waals surface area contributed by atoms with Crippen LogP contribution in [0, 0.1) is 0 Å². The fourth-order valence-corrected chi connectivity index (χ4v) is 3.52. The lowest BCUT2D eigenvalue weighted by Crippen LogP contribution is -2.24. The molecule has 0 aliphatic carbocycles. The maximum atomic E-state index is 12.5. The lowest BCUT2D eigenvalue weighted by Gasteiger charge is -2.18. The molecule has 0 bridgehead atoms. The second kappa shape index (κ2) is 8.92. The summed E-state index contributed by atoms with van der Waals surface area (Å²) in [7, 11) is 0. The average molecular weight is 391 g/mol. The monoisotopic (exact) mass is 391 g/mol. The first-order chi connectivity index (χ1) is 14.2. The van der Waals surface area contributed by atoms with E-state index in [1.54, 1.807) is 23.0 Å². The number of nitrogens with zero attached hydrogens (tertiary/aromatic N) is 3. The van der Waals surface area contributed by atoms with E-state index in [4.69, 9.17) is 9.47 Å². The van der Waals surface area contributed by atoms with Crippen molar-refractivity contribution in [3.05, 3.63) is 82.9 Å². The quantitative estimate of drug-likeness (QED) is 0.618. The average Bonchev–Trinajstić information content (AvgIpc) is 3.22. The zero-order valence-electron chi connectivity index (χ0n) is 16.5. The summed E-state index contributed by atoms with van der Waals surface area (Å²) in [4.78, 5) is 19.3. The van der Waals surface area contributed by atoms with Gasteiger partial charge in [0.05, 0.1) is 18.0 Å². The Kier molecular flexibility index (Phi) is 5.91. The molecule has 1 atom stereocenters. The molecule has 6 heteroatoms. The summed E-state index contributed by atoms with van der Waals surface area (Å²) in [5.41, 5.74) is 1.64. The van der Waals surface area contributed by atoms with Crippen molar-refractivity contribution in [2.45, 2.75) is 26.1 Å². The van der Waals surface area contributed by atoms with Crippen molar-refractivity contribution >= 4 is 5.82 Å². The van der Waals surface area contributed by atoms with Crippen molar-refractivity contribution in [3.8, 4) is 11.4 Å². The SMILES string of the molecule is CCO[C@@H]1CCN(c2ccc(-n3ccc(OCc4ccccc4)cc3=O)cn2)C1. The van der Waals surface area contributed by atoms with Crippen LogP contribution in [0.2, 0.25) is 0 Å². The Balaban J connectivity index is 1.42.